The molecule has 4 atom stereocenters. The Morgan fingerprint density at radius 3 is 2.72 bits per heavy atom. The van der Waals surface area contributed by atoms with Crippen LogP contribution in [0.15, 0.2) is 34.7 Å². The molecule has 3 aliphatic rings. The highest BCUT2D eigenvalue weighted by atomic mass is 16.4. The van der Waals surface area contributed by atoms with Crippen molar-refractivity contribution in [2.45, 2.75) is 58.0 Å². The number of benzene rings is 1. The lowest BCUT2D eigenvalue weighted by atomic mass is 9.74. The quantitative estimate of drug-likeness (QED) is 0.795. The zero-order chi connectivity index (χ0) is 20.0. The number of oxazole rings is 1. The normalized spacial score (nSPS) is 29.5. The standard InChI is InChI=1S/C24H31N3O2/c1-16-23(29-17(2)25-16)24(28)26-13-19-11-20(15-26)22-10-6-9-21(27(22)14-19)12-18-7-4-3-5-8-18/h3-5,7-8,19-22H,6,9-15H2,1-2H3/t19-,20+,21+,22-/m0/s1. The first kappa shape index (κ1) is 18.9. The Morgan fingerprint density at radius 2 is 1.97 bits per heavy atom. The maximum Gasteiger partial charge on any atom is 0.291 e. The highest BCUT2D eigenvalue weighted by Gasteiger charge is 2.45. The Kier molecular flexibility index (Phi) is 4.94. The number of amides is 1. The first-order chi connectivity index (χ1) is 14.1. The topological polar surface area (TPSA) is 49.6 Å². The number of rotatable bonds is 3. The fraction of sp³-hybridized carbons (Fsp3) is 0.583. The van der Waals surface area contributed by atoms with Gasteiger partial charge in [-0.3, -0.25) is 9.69 Å². The number of likely N-dealkylation sites (tertiary alicyclic amines) is 1. The molecule has 1 aromatic heterocycles. The van der Waals surface area contributed by atoms with E-state index in [-0.39, 0.29) is 5.91 Å². The molecule has 1 amide bonds. The van der Waals surface area contributed by atoms with Crippen LogP contribution in [0.1, 0.15) is 53.4 Å². The molecule has 3 fully saturated rings. The number of piperidine rings is 3. The summed E-state index contributed by atoms with van der Waals surface area (Å²) in [5, 5.41) is 0. The van der Waals surface area contributed by atoms with Crippen LogP contribution in [0.3, 0.4) is 0 Å². The van der Waals surface area contributed by atoms with Gasteiger partial charge in [0.2, 0.25) is 5.76 Å². The number of fused-ring (bicyclic) bond motifs is 4. The van der Waals surface area contributed by atoms with Gasteiger partial charge >= 0.3 is 0 Å². The van der Waals surface area contributed by atoms with Gasteiger partial charge in [0.15, 0.2) is 5.89 Å². The van der Waals surface area contributed by atoms with Gasteiger partial charge in [-0.05, 0) is 50.0 Å². The van der Waals surface area contributed by atoms with E-state index in [0.29, 0.717) is 41.3 Å². The van der Waals surface area contributed by atoms with Crippen molar-refractivity contribution < 1.29 is 9.21 Å². The van der Waals surface area contributed by atoms with Crippen LogP contribution in [-0.4, -0.2) is 52.4 Å². The minimum atomic E-state index is 0.0305. The fourth-order valence-corrected chi connectivity index (χ4v) is 6.06. The van der Waals surface area contributed by atoms with Gasteiger partial charge in [0.05, 0.1) is 5.69 Å². The monoisotopic (exact) mass is 393 g/mol. The van der Waals surface area contributed by atoms with Crippen LogP contribution in [0.4, 0.5) is 0 Å². The molecular weight excluding hydrogens is 362 g/mol. The molecule has 0 N–H and O–H groups in total. The summed E-state index contributed by atoms with van der Waals surface area (Å²) in [6, 6.07) is 12.2. The zero-order valence-corrected chi connectivity index (χ0v) is 17.5. The van der Waals surface area contributed by atoms with E-state index in [9.17, 15) is 4.79 Å². The molecular formula is C24H31N3O2. The molecule has 154 valence electrons. The third-order valence-corrected chi connectivity index (χ3v) is 7.21. The van der Waals surface area contributed by atoms with Crippen molar-refractivity contribution in [2.24, 2.45) is 11.8 Å². The van der Waals surface area contributed by atoms with Crippen LogP contribution in [-0.2, 0) is 6.42 Å². The van der Waals surface area contributed by atoms with Crippen molar-refractivity contribution in [1.29, 1.82) is 0 Å². The summed E-state index contributed by atoms with van der Waals surface area (Å²) < 4.78 is 5.63. The van der Waals surface area contributed by atoms with Crippen LogP contribution in [0.25, 0.3) is 0 Å². The SMILES string of the molecule is Cc1nc(C)c(C(=O)N2C[C@@H]3C[C@H](C2)[C@@H]2CCC[C@H](Cc4ccccc4)N2C3)o1. The Bertz CT molecular complexity index is 878. The first-order valence-electron chi connectivity index (χ1n) is 11.1. The average Bonchev–Trinajstić information content (AvgIpc) is 3.06. The lowest BCUT2D eigenvalue weighted by Gasteiger charge is -2.55. The van der Waals surface area contributed by atoms with Gasteiger partial charge in [-0.15, -0.1) is 0 Å². The molecule has 3 aliphatic heterocycles. The van der Waals surface area contributed by atoms with Gasteiger partial charge in [-0.25, -0.2) is 4.98 Å². The molecule has 0 aliphatic carbocycles. The smallest absolute Gasteiger partial charge is 0.291 e. The molecule has 4 heterocycles. The van der Waals surface area contributed by atoms with Crippen LogP contribution < -0.4 is 0 Å². The minimum Gasteiger partial charge on any atom is -0.436 e. The molecule has 0 unspecified atom stereocenters. The lowest BCUT2D eigenvalue weighted by Crippen LogP contribution is -2.62. The number of hydrogen-bond acceptors (Lipinski definition) is 4. The number of carbonyl (C=O) groups is 1. The molecule has 0 radical (unpaired) electrons. The number of carbonyl (C=O) groups excluding carboxylic acids is 1. The largest absolute Gasteiger partial charge is 0.436 e. The molecule has 2 bridgehead atoms. The van der Waals surface area contributed by atoms with Crippen LogP contribution in [0.2, 0.25) is 0 Å². The summed E-state index contributed by atoms with van der Waals surface area (Å²) in [4.78, 5) is 22.3. The maximum absolute atomic E-state index is 13.1. The summed E-state index contributed by atoms with van der Waals surface area (Å²) in [5.41, 5.74) is 2.16. The van der Waals surface area contributed by atoms with Gasteiger partial charge in [0.25, 0.3) is 5.91 Å². The second kappa shape index (κ2) is 7.60. The van der Waals surface area contributed by atoms with E-state index in [1.165, 1.54) is 31.2 Å². The van der Waals surface area contributed by atoms with Gasteiger partial charge < -0.3 is 9.32 Å². The number of hydrogen-bond donors (Lipinski definition) is 0. The van der Waals surface area contributed by atoms with Gasteiger partial charge in [-0.2, -0.15) is 0 Å². The molecule has 0 saturated carbocycles. The minimum absolute atomic E-state index is 0.0305. The van der Waals surface area contributed by atoms with E-state index >= 15 is 0 Å². The maximum atomic E-state index is 13.1. The number of aryl methyl sites for hydroxylation is 2. The predicted octanol–water partition coefficient (Wildman–Crippen LogP) is 3.85. The third kappa shape index (κ3) is 3.61. The van der Waals surface area contributed by atoms with Crippen molar-refractivity contribution in [3.63, 3.8) is 0 Å². The van der Waals surface area contributed by atoms with Crippen molar-refractivity contribution in [2.75, 3.05) is 19.6 Å². The summed E-state index contributed by atoms with van der Waals surface area (Å²) in [7, 11) is 0. The van der Waals surface area contributed by atoms with Crippen LogP contribution in [0, 0.1) is 25.7 Å². The van der Waals surface area contributed by atoms with E-state index in [4.69, 9.17) is 4.42 Å². The molecule has 5 nitrogen and oxygen atoms in total. The van der Waals surface area contributed by atoms with E-state index < -0.39 is 0 Å². The molecule has 5 heteroatoms. The molecule has 29 heavy (non-hydrogen) atoms. The summed E-state index contributed by atoms with van der Waals surface area (Å²) >= 11 is 0. The van der Waals surface area contributed by atoms with E-state index in [1.54, 1.807) is 0 Å². The lowest BCUT2D eigenvalue weighted by molar-refractivity contribution is -0.0503. The Morgan fingerprint density at radius 1 is 1.14 bits per heavy atom. The molecule has 3 saturated heterocycles. The predicted molar refractivity (Wildman–Crippen MR) is 112 cm³/mol. The van der Waals surface area contributed by atoms with E-state index in [2.05, 4.69) is 40.2 Å². The van der Waals surface area contributed by atoms with Gasteiger partial charge in [0, 0.05) is 38.6 Å². The number of nitrogens with zero attached hydrogens (tertiary/aromatic N) is 3. The fourth-order valence-electron chi connectivity index (χ4n) is 6.06. The van der Waals surface area contributed by atoms with Crippen molar-refractivity contribution in [3.8, 4) is 0 Å². The van der Waals surface area contributed by atoms with Crippen molar-refractivity contribution >= 4 is 5.91 Å². The Balaban J connectivity index is 1.32. The third-order valence-electron chi connectivity index (χ3n) is 7.21. The molecule has 0 spiro atoms. The zero-order valence-electron chi connectivity index (χ0n) is 17.5. The van der Waals surface area contributed by atoms with Crippen molar-refractivity contribution in [1.82, 2.24) is 14.8 Å². The molecule has 5 rings (SSSR count). The van der Waals surface area contributed by atoms with E-state index in [1.807, 2.05) is 18.7 Å². The highest BCUT2D eigenvalue weighted by Crippen LogP contribution is 2.40. The van der Waals surface area contributed by atoms with Gasteiger partial charge in [-0.1, -0.05) is 36.8 Å². The van der Waals surface area contributed by atoms with Crippen molar-refractivity contribution in [3.05, 3.63) is 53.2 Å². The summed E-state index contributed by atoms with van der Waals surface area (Å²) in [6.07, 6.45) is 6.27. The van der Waals surface area contributed by atoms with E-state index in [0.717, 1.165) is 26.1 Å². The Labute approximate surface area is 173 Å². The second-order valence-electron chi connectivity index (χ2n) is 9.26. The Hall–Kier alpha value is -2.14. The first-order valence-corrected chi connectivity index (χ1v) is 11.1. The second-order valence-corrected chi connectivity index (χ2v) is 9.26. The summed E-state index contributed by atoms with van der Waals surface area (Å²) in [5.74, 6) is 2.18. The molecule has 1 aromatic carbocycles. The summed E-state index contributed by atoms with van der Waals surface area (Å²) in [6.45, 7) is 6.49. The average molecular weight is 394 g/mol. The van der Waals surface area contributed by atoms with Crippen LogP contribution >= 0.6 is 0 Å². The van der Waals surface area contributed by atoms with Gasteiger partial charge in [0.1, 0.15) is 0 Å². The number of aromatic nitrogens is 1. The van der Waals surface area contributed by atoms with Crippen LogP contribution in [0.5, 0.6) is 0 Å². The highest BCUT2D eigenvalue weighted by molar-refractivity contribution is 5.92. The molecule has 2 aromatic rings.